The van der Waals surface area contributed by atoms with E-state index in [1.807, 2.05) is 26.0 Å². The Balaban J connectivity index is 2.11. The van der Waals surface area contributed by atoms with Crippen molar-refractivity contribution in [2.45, 2.75) is 33.6 Å². The molecule has 2 aromatic rings. The zero-order chi connectivity index (χ0) is 17.9. The van der Waals surface area contributed by atoms with E-state index in [2.05, 4.69) is 31.3 Å². The van der Waals surface area contributed by atoms with Gasteiger partial charge in [0.2, 0.25) is 5.91 Å². The second-order valence-electron chi connectivity index (χ2n) is 6.00. The van der Waals surface area contributed by atoms with E-state index in [0.717, 1.165) is 16.0 Å². The predicted octanol–water partition coefficient (Wildman–Crippen LogP) is 4.24. The van der Waals surface area contributed by atoms with Gasteiger partial charge in [-0.15, -0.1) is 11.3 Å². The van der Waals surface area contributed by atoms with Crippen LogP contribution in [0.5, 0.6) is 0 Å². The molecule has 0 saturated carbocycles. The van der Waals surface area contributed by atoms with Crippen molar-refractivity contribution in [2.75, 3.05) is 5.32 Å². The van der Waals surface area contributed by atoms with Gasteiger partial charge >= 0.3 is 0 Å². The first kappa shape index (κ1) is 17.9. The number of thiophene rings is 1. The highest BCUT2D eigenvalue weighted by Gasteiger charge is 2.18. The molecule has 0 unspecified atom stereocenters. The molecule has 1 heterocycles. The fraction of sp³-hybridized carbons (Fsp3) is 0.263. The number of nitrogens with two attached hydrogens (primary N) is 1. The van der Waals surface area contributed by atoms with Crippen LogP contribution in [0, 0.1) is 13.8 Å². The maximum atomic E-state index is 12.1. The molecule has 1 aromatic carbocycles. The Morgan fingerprint density at radius 1 is 1.17 bits per heavy atom. The number of nitrogens with one attached hydrogen (secondary N) is 1. The Bertz CT molecular complexity index is 786. The van der Waals surface area contributed by atoms with Crippen molar-refractivity contribution < 1.29 is 9.59 Å². The number of primary amides is 1. The first-order valence-electron chi connectivity index (χ1n) is 7.78. The lowest BCUT2D eigenvalue weighted by molar-refractivity contribution is -0.111. The summed E-state index contributed by atoms with van der Waals surface area (Å²) < 4.78 is 0. The fourth-order valence-electron chi connectivity index (χ4n) is 2.33. The minimum Gasteiger partial charge on any atom is -0.365 e. The lowest BCUT2D eigenvalue weighted by Crippen LogP contribution is -2.16. The lowest BCUT2D eigenvalue weighted by atomic mass is 10.0. The van der Waals surface area contributed by atoms with Crippen molar-refractivity contribution in [3.63, 3.8) is 0 Å². The van der Waals surface area contributed by atoms with Gasteiger partial charge in [0.1, 0.15) is 5.00 Å². The molecule has 3 N–H and O–H groups in total. The molecule has 0 saturated heterocycles. The highest BCUT2D eigenvalue weighted by atomic mass is 32.1. The SMILES string of the molecule is Cc1sc(NC(=O)C=Cc2ccc(C(C)C)cc2)c(C(N)=O)c1C. The Morgan fingerprint density at radius 3 is 2.33 bits per heavy atom. The number of carbonyl (C=O) groups is 2. The number of anilines is 1. The molecule has 0 radical (unpaired) electrons. The molecule has 126 valence electrons. The van der Waals surface area contributed by atoms with Gasteiger partial charge in [0.15, 0.2) is 0 Å². The van der Waals surface area contributed by atoms with Gasteiger partial charge in [-0.1, -0.05) is 38.1 Å². The minimum atomic E-state index is -0.527. The number of carbonyl (C=O) groups excluding carboxylic acids is 2. The lowest BCUT2D eigenvalue weighted by Gasteiger charge is -2.05. The summed E-state index contributed by atoms with van der Waals surface area (Å²) >= 11 is 1.36. The highest BCUT2D eigenvalue weighted by molar-refractivity contribution is 7.16. The molecule has 0 atom stereocenters. The summed E-state index contributed by atoms with van der Waals surface area (Å²) in [5, 5.41) is 3.25. The molecule has 0 aliphatic rings. The van der Waals surface area contributed by atoms with Crippen molar-refractivity contribution in [1.82, 2.24) is 0 Å². The Labute approximate surface area is 146 Å². The van der Waals surface area contributed by atoms with Crippen molar-refractivity contribution >= 4 is 34.2 Å². The average molecular weight is 342 g/mol. The molecule has 0 aliphatic carbocycles. The standard InChI is InChI=1S/C19H22N2O2S/c1-11(2)15-8-5-14(6-9-15)7-10-16(22)21-19-17(18(20)23)12(3)13(4)24-19/h5-11H,1-4H3,(H2,20,23)(H,21,22). The van der Waals surface area contributed by atoms with Gasteiger partial charge < -0.3 is 11.1 Å². The van der Waals surface area contributed by atoms with E-state index in [1.54, 1.807) is 6.08 Å². The number of hydrogen-bond acceptors (Lipinski definition) is 3. The molecular formula is C19H22N2O2S. The van der Waals surface area contributed by atoms with Crippen LogP contribution in [0.3, 0.4) is 0 Å². The molecule has 24 heavy (non-hydrogen) atoms. The zero-order valence-electron chi connectivity index (χ0n) is 14.3. The Morgan fingerprint density at radius 2 is 1.79 bits per heavy atom. The van der Waals surface area contributed by atoms with E-state index in [-0.39, 0.29) is 5.91 Å². The maximum absolute atomic E-state index is 12.1. The van der Waals surface area contributed by atoms with Gasteiger partial charge in [-0.25, -0.2) is 0 Å². The molecular weight excluding hydrogens is 320 g/mol. The Kier molecular flexibility index (Phi) is 5.57. The van der Waals surface area contributed by atoms with Gasteiger partial charge in [-0.2, -0.15) is 0 Å². The number of hydrogen-bond donors (Lipinski definition) is 2. The van der Waals surface area contributed by atoms with Crippen LogP contribution in [0.15, 0.2) is 30.3 Å². The van der Waals surface area contributed by atoms with Gasteiger partial charge in [0.25, 0.3) is 5.91 Å². The van der Waals surface area contributed by atoms with E-state index in [0.29, 0.717) is 16.5 Å². The second kappa shape index (κ2) is 7.45. The molecule has 0 fully saturated rings. The predicted molar refractivity (Wildman–Crippen MR) is 101 cm³/mol. The molecule has 2 rings (SSSR count). The topological polar surface area (TPSA) is 72.2 Å². The third-order valence-electron chi connectivity index (χ3n) is 3.90. The third kappa shape index (κ3) is 4.11. The summed E-state index contributed by atoms with van der Waals surface area (Å²) in [6.45, 7) is 8.00. The molecule has 1 aromatic heterocycles. The van der Waals surface area contributed by atoms with Gasteiger partial charge in [0.05, 0.1) is 5.56 Å². The monoisotopic (exact) mass is 342 g/mol. The second-order valence-corrected chi connectivity index (χ2v) is 7.22. The Hall–Kier alpha value is -2.40. The van der Waals surface area contributed by atoms with Crippen LogP contribution in [0.1, 0.15) is 51.7 Å². The number of benzene rings is 1. The van der Waals surface area contributed by atoms with E-state index < -0.39 is 5.91 Å². The summed E-state index contributed by atoms with van der Waals surface area (Å²) in [6, 6.07) is 8.07. The quantitative estimate of drug-likeness (QED) is 0.798. The molecule has 0 aliphatic heterocycles. The van der Waals surface area contributed by atoms with Gasteiger partial charge in [0, 0.05) is 11.0 Å². The van der Waals surface area contributed by atoms with E-state index in [9.17, 15) is 9.59 Å². The average Bonchev–Trinajstić information content (AvgIpc) is 2.80. The van der Waals surface area contributed by atoms with Crippen LogP contribution >= 0.6 is 11.3 Å². The summed E-state index contributed by atoms with van der Waals surface area (Å²) in [7, 11) is 0. The van der Waals surface area contributed by atoms with Crippen molar-refractivity contribution in [3.05, 3.63) is 57.5 Å². The van der Waals surface area contributed by atoms with Gasteiger partial charge in [-0.3, -0.25) is 9.59 Å². The first-order chi connectivity index (χ1) is 11.3. The van der Waals surface area contributed by atoms with Crippen LogP contribution < -0.4 is 11.1 Å². The van der Waals surface area contributed by atoms with E-state index in [1.165, 1.54) is 23.0 Å². The molecule has 0 bridgehead atoms. The normalized spacial score (nSPS) is 11.2. The van der Waals surface area contributed by atoms with E-state index >= 15 is 0 Å². The van der Waals surface area contributed by atoms with Crippen LogP contribution in [-0.2, 0) is 4.79 Å². The number of amides is 2. The number of rotatable bonds is 5. The first-order valence-corrected chi connectivity index (χ1v) is 8.60. The van der Waals surface area contributed by atoms with E-state index in [4.69, 9.17) is 5.73 Å². The van der Waals surface area contributed by atoms with Crippen LogP contribution in [0.4, 0.5) is 5.00 Å². The largest absolute Gasteiger partial charge is 0.365 e. The summed E-state index contributed by atoms with van der Waals surface area (Å²) in [4.78, 5) is 24.6. The fourth-order valence-corrected chi connectivity index (χ4v) is 3.40. The van der Waals surface area contributed by atoms with Crippen molar-refractivity contribution in [1.29, 1.82) is 0 Å². The minimum absolute atomic E-state index is 0.285. The molecule has 5 heteroatoms. The zero-order valence-corrected chi connectivity index (χ0v) is 15.2. The summed E-state index contributed by atoms with van der Waals surface area (Å²) in [5.41, 5.74) is 8.82. The number of aryl methyl sites for hydroxylation is 1. The van der Waals surface area contributed by atoms with Crippen molar-refractivity contribution in [2.24, 2.45) is 5.73 Å². The smallest absolute Gasteiger partial charge is 0.251 e. The summed E-state index contributed by atoms with van der Waals surface area (Å²) in [6.07, 6.45) is 3.20. The molecule has 2 amide bonds. The third-order valence-corrected chi connectivity index (χ3v) is 5.02. The van der Waals surface area contributed by atoms with Gasteiger partial charge in [-0.05, 0) is 42.5 Å². The van der Waals surface area contributed by atoms with Crippen molar-refractivity contribution in [3.8, 4) is 0 Å². The van der Waals surface area contributed by atoms with Crippen LogP contribution in [-0.4, -0.2) is 11.8 Å². The highest BCUT2D eigenvalue weighted by Crippen LogP contribution is 2.32. The molecule has 0 spiro atoms. The van der Waals surface area contributed by atoms with Crippen LogP contribution in [0.2, 0.25) is 0 Å². The summed E-state index contributed by atoms with van der Waals surface area (Å²) in [5.74, 6) is -0.337. The molecule has 4 nitrogen and oxygen atoms in total. The maximum Gasteiger partial charge on any atom is 0.251 e. The van der Waals surface area contributed by atoms with Crippen LogP contribution in [0.25, 0.3) is 6.08 Å².